The zero-order valence-electron chi connectivity index (χ0n) is 6.99. The van der Waals surface area contributed by atoms with Crippen molar-refractivity contribution in [3.63, 3.8) is 0 Å². The molecule has 2 aliphatic heterocycles. The number of nitrogens with one attached hydrogen (secondary N) is 1. The van der Waals surface area contributed by atoms with E-state index in [2.05, 4.69) is 5.32 Å². The number of hydrogen-bond donors (Lipinski definition) is 2. The first-order valence-electron chi connectivity index (χ1n) is 4.41. The van der Waals surface area contributed by atoms with Gasteiger partial charge in [-0.2, -0.15) is 0 Å². The van der Waals surface area contributed by atoms with Crippen LogP contribution in [-0.2, 0) is 4.79 Å². The van der Waals surface area contributed by atoms with Gasteiger partial charge in [0.1, 0.15) is 0 Å². The summed E-state index contributed by atoms with van der Waals surface area (Å²) in [5, 5.41) is 11.8. The highest BCUT2D eigenvalue weighted by molar-refractivity contribution is 5.80. The van der Waals surface area contributed by atoms with E-state index < -0.39 is 0 Å². The molecule has 2 rings (SSSR count). The normalized spacial score (nSPS) is 24.9. The lowest BCUT2D eigenvalue weighted by Crippen LogP contribution is -2.59. The van der Waals surface area contributed by atoms with Gasteiger partial charge in [-0.25, -0.2) is 0 Å². The van der Waals surface area contributed by atoms with Crippen LogP contribution in [0, 0.1) is 11.8 Å². The van der Waals surface area contributed by atoms with Gasteiger partial charge in [0.05, 0.1) is 5.92 Å². The molecule has 0 aromatic rings. The lowest BCUT2D eigenvalue weighted by molar-refractivity contribution is -0.144. The van der Waals surface area contributed by atoms with Gasteiger partial charge in [-0.05, 0) is 0 Å². The number of likely N-dealkylation sites (tertiary alicyclic amines) is 1. The number of amides is 1. The largest absolute Gasteiger partial charge is 0.396 e. The van der Waals surface area contributed by atoms with Crippen molar-refractivity contribution in [1.82, 2.24) is 10.2 Å². The van der Waals surface area contributed by atoms with Gasteiger partial charge in [-0.15, -0.1) is 0 Å². The highest BCUT2D eigenvalue weighted by Gasteiger charge is 2.35. The number of rotatable bonds is 2. The molecule has 2 heterocycles. The number of carbonyl (C=O) groups is 1. The molecule has 0 radical (unpaired) electrons. The third-order valence-corrected chi connectivity index (χ3v) is 2.66. The Labute approximate surface area is 71.5 Å². The Balaban J connectivity index is 1.76. The van der Waals surface area contributed by atoms with Gasteiger partial charge in [0, 0.05) is 38.7 Å². The van der Waals surface area contributed by atoms with Gasteiger partial charge in [0.2, 0.25) is 5.91 Å². The third kappa shape index (κ3) is 1.21. The number of carbonyl (C=O) groups excluding carboxylic acids is 1. The van der Waals surface area contributed by atoms with Crippen molar-refractivity contribution in [2.75, 3.05) is 32.8 Å². The Kier molecular flexibility index (Phi) is 2.02. The molecule has 0 unspecified atom stereocenters. The van der Waals surface area contributed by atoms with Gasteiger partial charge in [-0.3, -0.25) is 4.79 Å². The van der Waals surface area contributed by atoms with Crippen molar-refractivity contribution in [2.24, 2.45) is 11.8 Å². The maximum Gasteiger partial charge on any atom is 0.228 e. The second-order valence-corrected chi connectivity index (χ2v) is 3.65. The molecule has 4 nitrogen and oxygen atoms in total. The van der Waals surface area contributed by atoms with Crippen LogP contribution in [-0.4, -0.2) is 48.7 Å². The number of hydrogen-bond acceptors (Lipinski definition) is 3. The van der Waals surface area contributed by atoms with Crippen molar-refractivity contribution in [2.45, 2.75) is 0 Å². The zero-order valence-corrected chi connectivity index (χ0v) is 6.99. The van der Waals surface area contributed by atoms with Crippen LogP contribution in [0.3, 0.4) is 0 Å². The molecule has 2 saturated heterocycles. The minimum Gasteiger partial charge on any atom is -0.396 e. The number of aliphatic hydroxyl groups is 1. The topological polar surface area (TPSA) is 52.6 Å². The molecular formula is C8H14N2O2. The highest BCUT2D eigenvalue weighted by atomic mass is 16.3. The van der Waals surface area contributed by atoms with E-state index in [0.717, 1.165) is 26.2 Å². The van der Waals surface area contributed by atoms with E-state index in [-0.39, 0.29) is 18.4 Å². The van der Waals surface area contributed by atoms with Crippen LogP contribution in [0.4, 0.5) is 0 Å². The Morgan fingerprint density at radius 1 is 1.50 bits per heavy atom. The molecule has 0 aliphatic carbocycles. The quantitative estimate of drug-likeness (QED) is 0.539. The number of aliphatic hydroxyl groups excluding tert-OH is 1. The molecule has 0 spiro atoms. The van der Waals surface area contributed by atoms with Crippen LogP contribution < -0.4 is 5.32 Å². The second kappa shape index (κ2) is 3.03. The molecule has 0 bridgehead atoms. The van der Waals surface area contributed by atoms with Crippen molar-refractivity contribution in [1.29, 1.82) is 0 Å². The fourth-order valence-electron chi connectivity index (χ4n) is 1.59. The highest BCUT2D eigenvalue weighted by Crippen LogP contribution is 2.18. The van der Waals surface area contributed by atoms with Crippen molar-refractivity contribution >= 4 is 5.91 Å². The van der Waals surface area contributed by atoms with E-state index >= 15 is 0 Å². The molecule has 68 valence electrons. The Morgan fingerprint density at radius 2 is 2.17 bits per heavy atom. The SMILES string of the molecule is O=C(C1CNC1)N1CC(CO)C1. The Bertz CT molecular complexity index is 185. The van der Waals surface area contributed by atoms with Crippen LogP contribution in [0.5, 0.6) is 0 Å². The minimum absolute atomic E-state index is 0.213. The summed E-state index contributed by atoms with van der Waals surface area (Å²) in [4.78, 5) is 13.3. The number of nitrogens with zero attached hydrogens (tertiary/aromatic N) is 1. The van der Waals surface area contributed by atoms with E-state index in [1.165, 1.54) is 0 Å². The first-order valence-corrected chi connectivity index (χ1v) is 4.41. The van der Waals surface area contributed by atoms with Crippen LogP contribution >= 0.6 is 0 Å². The molecule has 0 saturated carbocycles. The van der Waals surface area contributed by atoms with E-state index in [9.17, 15) is 4.79 Å². The summed E-state index contributed by atoms with van der Waals surface area (Å²) in [5.74, 6) is 0.810. The maximum absolute atomic E-state index is 11.5. The summed E-state index contributed by atoms with van der Waals surface area (Å²) < 4.78 is 0. The maximum atomic E-state index is 11.5. The van der Waals surface area contributed by atoms with Crippen molar-refractivity contribution < 1.29 is 9.90 Å². The lowest BCUT2D eigenvalue weighted by Gasteiger charge is -2.42. The summed E-state index contributed by atoms with van der Waals surface area (Å²) in [6.07, 6.45) is 0. The molecular weight excluding hydrogens is 156 g/mol. The van der Waals surface area contributed by atoms with E-state index in [4.69, 9.17) is 5.11 Å². The van der Waals surface area contributed by atoms with Gasteiger partial charge in [0.25, 0.3) is 0 Å². The van der Waals surface area contributed by atoms with Crippen molar-refractivity contribution in [3.8, 4) is 0 Å². The first kappa shape index (κ1) is 8.01. The standard InChI is InChI=1S/C8H14N2O2/c11-5-6-3-10(4-6)8(12)7-1-9-2-7/h6-7,9,11H,1-5H2. The summed E-state index contributed by atoms with van der Waals surface area (Å²) in [6.45, 7) is 3.39. The molecule has 2 N–H and O–H groups in total. The molecule has 2 aliphatic rings. The smallest absolute Gasteiger partial charge is 0.228 e. The second-order valence-electron chi connectivity index (χ2n) is 3.65. The average molecular weight is 170 g/mol. The van der Waals surface area contributed by atoms with E-state index in [1.54, 1.807) is 0 Å². The molecule has 0 aromatic heterocycles. The van der Waals surface area contributed by atoms with Gasteiger partial charge >= 0.3 is 0 Å². The van der Waals surface area contributed by atoms with Crippen LogP contribution in [0.25, 0.3) is 0 Å². The van der Waals surface area contributed by atoms with Crippen LogP contribution in [0.2, 0.25) is 0 Å². The minimum atomic E-state index is 0.213. The molecule has 0 atom stereocenters. The fraction of sp³-hybridized carbons (Fsp3) is 0.875. The summed E-state index contributed by atoms with van der Waals surface area (Å²) >= 11 is 0. The van der Waals surface area contributed by atoms with E-state index in [1.807, 2.05) is 4.90 Å². The average Bonchev–Trinajstić information content (AvgIpc) is 1.80. The molecule has 4 heteroatoms. The molecule has 2 fully saturated rings. The fourth-order valence-corrected chi connectivity index (χ4v) is 1.59. The Morgan fingerprint density at radius 3 is 2.58 bits per heavy atom. The van der Waals surface area contributed by atoms with Gasteiger partial charge in [0.15, 0.2) is 0 Å². The summed E-state index contributed by atoms with van der Waals surface area (Å²) in [5.41, 5.74) is 0. The molecule has 0 aromatic carbocycles. The molecule has 1 amide bonds. The van der Waals surface area contributed by atoms with Crippen LogP contribution in [0.15, 0.2) is 0 Å². The summed E-state index contributed by atoms with van der Waals surface area (Å²) in [6, 6.07) is 0. The zero-order chi connectivity index (χ0) is 8.55. The van der Waals surface area contributed by atoms with Gasteiger partial charge < -0.3 is 15.3 Å². The van der Waals surface area contributed by atoms with E-state index in [0.29, 0.717) is 5.92 Å². The molecule has 12 heavy (non-hydrogen) atoms. The predicted molar refractivity (Wildman–Crippen MR) is 43.5 cm³/mol. The van der Waals surface area contributed by atoms with Gasteiger partial charge in [-0.1, -0.05) is 0 Å². The van der Waals surface area contributed by atoms with Crippen LogP contribution in [0.1, 0.15) is 0 Å². The first-order chi connectivity index (χ1) is 5.81. The Hall–Kier alpha value is -0.610. The predicted octanol–water partition coefficient (Wildman–Crippen LogP) is -1.34. The third-order valence-electron chi connectivity index (χ3n) is 2.66. The summed E-state index contributed by atoms with van der Waals surface area (Å²) in [7, 11) is 0. The monoisotopic (exact) mass is 170 g/mol. The lowest BCUT2D eigenvalue weighted by atomic mass is 9.95. The van der Waals surface area contributed by atoms with Crippen molar-refractivity contribution in [3.05, 3.63) is 0 Å².